The molecule has 1 aliphatic rings. The molecule has 3 rings (SSSR count). The van der Waals surface area contributed by atoms with Crippen LogP contribution in [0.15, 0.2) is 41.7 Å². The number of carboxylic acids is 1. The van der Waals surface area contributed by atoms with Crippen molar-refractivity contribution in [1.82, 2.24) is 20.0 Å². The molecule has 31 heavy (non-hydrogen) atoms. The second-order valence-corrected chi connectivity index (χ2v) is 7.22. The number of ether oxygens (including phenoxy) is 1. The molecular formula is C21H24N4O6. The van der Waals surface area contributed by atoms with Gasteiger partial charge in [-0.15, -0.1) is 0 Å². The first kappa shape index (κ1) is 21.9. The smallest absolute Gasteiger partial charge is 0.322 e. The number of amides is 2. The summed E-state index contributed by atoms with van der Waals surface area (Å²) in [6.07, 6.45) is 0.116. The molecule has 164 valence electrons. The molecule has 0 saturated carbocycles. The van der Waals surface area contributed by atoms with Crippen LogP contribution in [0.25, 0.3) is 0 Å². The van der Waals surface area contributed by atoms with Crippen molar-refractivity contribution in [3.05, 3.63) is 58.6 Å². The zero-order valence-corrected chi connectivity index (χ0v) is 17.3. The number of nitrogens with one attached hydrogen (secondary N) is 1. The third-order valence-electron chi connectivity index (χ3n) is 4.79. The molecule has 0 atom stereocenters. The molecule has 0 saturated heterocycles. The highest BCUT2D eigenvalue weighted by molar-refractivity contribution is 6.19. The zero-order chi connectivity index (χ0) is 22.5. The van der Waals surface area contributed by atoms with E-state index in [0.29, 0.717) is 5.75 Å². The molecule has 0 unspecified atom stereocenters. The maximum absolute atomic E-state index is 12.7. The number of carbonyl (C=O) groups excluding carboxylic acids is 2. The van der Waals surface area contributed by atoms with Crippen molar-refractivity contribution in [2.45, 2.75) is 33.5 Å². The lowest BCUT2D eigenvalue weighted by Gasteiger charge is -2.28. The molecule has 10 nitrogen and oxygen atoms in total. The highest BCUT2D eigenvalue weighted by atomic mass is 16.5. The van der Waals surface area contributed by atoms with Gasteiger partial charge in [-0.2, -0.15) is 5.10 Å². The summed E-state index contributed by atoms with van der Waals surface area (Å²) in [6.45, 7) is 3.99. The second-order valence-electron chi connectivity index (χ2n) is 7.22. The molecular weight excluding hydrogens is 404 g/mol. The molecule has 0 bridgehead atoms. The van der Waals surface area contributed by atoms with Crippen LogP contribution in [-0.2, 0) is 27.7 Å². The second kappa shape index (κ2) is 9.33. The predicted octanol–water partition coefficient (Wildman–Crippen LogP) is 1.28. The Labute approximate surface area is 178 Å². The minimum absolute atomic E-state index is 0.116. The van der Waals surface area contributed by atoms with Crippen molar-refractivity contribution in [2.24, 2.45) is 0 Å². The van der Waals surface area contributed by atoms with Gasteiger partial charge in [-0.3, -0.25) is 14.4 Å². The number of carboxylic acid groups (broad SMARTS) is 1. The summed E-state index contributed by atoms with van der Waals surface area (Å²) >= 11 is 0. The fraction of sp³-hybridized carbons (Fsp3) is 0.333. The minimum atomic E-state index is -1.24. The van der Waals surface area contributed by atoms with Crippen LogP contribution >= 0.6 is 0 Å². The number of aliphatic carboxylic acids is 1. The van der Waals surface area contributed by atoms with Crippen molar-refractivity contribution in [3.8, 4) is 5.75 Å². The Kier molecular flexibility index (Phi) is 6.58. The van der Waals surface area contributed by atoms with Gasteiger partial charge in [0, 0.05) is 25.2 Å². The van der Waals surface area contributed by atoms with Crippen molar-refractivity contribution in [3.63, 3.8) is 0 Å². The lowest BCUT2D eigenvalue weighted by Crippen LogP contribution is -2.43. The summed E-state index contributed by atoms with van der Waals surface area (Å²) in [4.78, 5) is 36.8. The number of benzene rings is 1. The van der Waals surface area contributed by atoms with E-state index in [1.54, 1.807) is 16.8 Å². The van der Waals surface area contributed by atoms with E-state index in [2.05, 4.69) is 10.4 Å². The molecule has 1 aliphatic heterocycles. The van der Waals surface area contributed by atoms with E-state index >= 15 is 0 Å². The fourth-order valence-corrected chi connectivity index (χ4v) is 3.23. The first-order valence-corrected chi connectivity index (χ1v) is 9.68. The van der Waals surface area contributed by atoms with E-state index in [-0.39, 0.29) is 32.0 Å². The van der Waals surface area contributed by atoms with Crippen LogP contribution in [0, 0.1) is 13.8 Å². The summed E-state index contributed by atoms with van der Waals surface area (Å²) in [5.74, 6) is -2.47. The molecule has 0 fully saturated rings. The Hall–Kier alpha value is -3.82. The maximum atomic E-state index is 12.7. The van der Waals surface area contributed by atoms with Crippen LogP contribution in [-0.4, -0.2) is 55.8 Å². The fourth-order valence-electron chi connectivity index (χ4n) is 3.23. The SMILES string of the molecule is Cc1cc(C)n(COc2ccc(CN3CCC(O)=C(C(=O)NCC(=O)O)C3=O)cc2)n1. The van der Waals surface area contributed by atoms with Crippen molar-refractivity contribution in [2.75, 3.05) is 13.1 Å². The van der Waals surface area contributed by atoms with E-state index in [1.807, 2.05) is 32.0 Å². The standard InChI is InChI=1S/C21H24N4O6/c1-13-9-14(2)25(23-13)12-31-16-5-3-15(4-6-16)11-24-8-7-17(26)19(21(24)30)20(29)22-10-18(27)28/h3-6,9,26H,7-8,10-12H2,1-2H3,(H,22,29)(H,27,28). The summed E-state index contributed by atoms with van der Waals surface area (Å²) in [6, 6.07) is 9.15. The van der Waals surface area contributed by atoms with Crippen LogP contribution in [0.3, 0.4) is 0 Å². The number of nitrogens with zero attached hydrogens (tertiary/aromatic N) is 3. The lowest BCUT2D eigenvalue weighted by atomic mass is 10.0. The van der Waals surface area contributed by atoms with E-state index in [9.17, 15) is 19.5 Å². The number of aliphatic hydroxyl groups is 1. The minimum Gasteiger partial charge on any atom is -0.511 e. The highest BCUT2D eigenvalue weighted by Crippen LogP contribution is 2.21. The Balaban J connectivity index is 1.60. The zero-order valence-electron chi connectivity index (χ0n) is 17.3. The van der Waals surface area contributed by atoms with Crippen LogP contribution in [0.1, 0.15) is 23.4 Å². The molecule has 1 aromatic heterocycles. The van der Waals surface area contributed by atoms with Gasteiger partial charge in [0.25, 0.3) is 11.8 Å². The van der Waals surface area contributed by atoms with E-state index < -0.39 is 29.9 Å². The average Bonchev–Trinajstić information content (AvgIpc) is 3.05. The Morgan fingerprint density at radius 2 is 1.94 bits per heavy atom. The van der Waals surface area contributed by atoms with Crippen molar-refractivity contribution in [1.29, 1.82) is 0 Å². The number of hydrogen-bond acceptors (Lipinski definition) is 6. The number of carbonyl (C=O) groups is 3. The number of aliphatic hydroxyl groups excluding tert-OH is 1. The van der Waals surface area contributed by atoms with Gasteiger partial charge in [-0.1, -0.05) is 12.1 Å². The molecule has 3 N–H and O–H groups in total. The molecule has 10 heteroatoms. The maximum Gasteiger partial charge on any atom is 0.322 e. The Morgan fingerprint density at radius 1 is 1.23 bits per heavy atom. The highest BCUT2D eigenvalue weighted by Gasteiger charge is 2.32. The first-order valence-electron chi connectivity index (χ1n) is 9.68. The van der Waals surface area contributed by atoms with Gasteiger partial charge in [0.05, 0.1) is 5.69 Å². The number of hydrogen-bond donors (Lipinski definition) is 3. The lowest BCUT2D eigenvalue weighted by molar-refractivity contribution is -0.138. The van der Waals surface area contributed by atoms with Gasteiger partial charge in [-0.05, 0) is 37.6 Å². The molecule has 0 spiro atoms. The van der Waals surface area contributed by atoms with Gasteiger partial charge >= 0.3 is 5.97 Å². The van der Waals surface area contributed by atoms with E-state index in [4.69, 9.17) is 9.84 Å². The molecule has 1 aromatic carbocycles. The molecule has 0 aliphatic carbocycles. The van der Waals surface area contributed by atoms with Gasteiger partial charge in [0.15, 0.2) is 6.73 Å². The summed E-state index contributed by atoms with van der Waals surface area (Å²) in [5, 5.41) is 25.1. The van der Waals surface area contributed by atoms with Crippen molar-refractivity contribution < 1.29 is 29.3 Å². The molecule has 2 heterocycles. The van der Waals surface area contributed by atoms with Gasteiger partial charge < -0.3 is 25.2 Å². The van der Waals surface area contributed by atoms with Gasteiger partial charge in [0.1, 0.15) is 23.6 Å². The number of aryl methyl sites for hydroxylation is 2. The van der Waals surface area contributed by atoms with E-state index in [0.717, 1.165) is 17.0 Å². The summed E-state index contributed by atoms with van der Waals surface area (Å²) in [5.41, 5.74) is 2.31. The molecule has 2 aromatic rings. The monoisotopic (exact) mass is 428 g/mol. The van der Waals surface area contributed by atoms with Crippen molar-refractivity contribution >= 4 is 17.8 Å². The Morgan fingerprint density at radius 3 is 2.55 bits per heavy atom. The molecule has 2 amide bonds. The summed E-state index contributed by atoms with van der Waals surface area (Å²) in [7, 11) is 0. The van der Waals surface area contributed by atoms with Gasteiger partial charge in [-0.25, -0.2) is 4.68 Å². The first-order chi connectivity index (χ1) is 14.7. The van der Waals surface area contributed by atoms with E-state index in [1.165, 1.54) is 4.90 Å². The topological polar surface area (TPSA) is 134 Å². The van der Waals surface area contributed by atoms with Crippen LogP contribution < -0.4 is 10.1 Å². The number of rotatable bonds is 8. The van der Waals surface area contributed by atoms with Crippen LogP contribution in [0.4, 0.5) is 0 Å². The molecule has 0 radical (unpaired) electrons. The normalized spacial score (nSPS) is 14.0. The Bertz CT molecular complexity index is 1020. The van der Waals surface area contributed by atoms with Gasteiger partial charge in [0.2, 0.25) is 0 Å². The third kappa shape index (κ3) is 5.41. The third-order valence-corrected chi connectivity index (χ3v) is 4.79. The predicted molar refractivity (Wildman–Crippen MR) is 109 cm³/mol. The number of aromatic nitrogens is 2. The van der Waals surface area contributed by atoms with Crippen LogP contribution in [0.2, 0.25) is 0 Å². The summed E-state index contributed by atoms with van der Waals surface area (Å²) < 4.78 is 7.49. The average molecular weight is 428 g/mol. The van der Waals surface area contributed by atoms with Crippen LogP contribution in [0.5, 0.6) is 5.75 Å². The quantitative estimate of drug-likeness (QED) is 0.539. The largest absolute Gasteiger partial charge is 0.511 e.